The van der Waals surface area contributed by atoms with Crippen molar-refractivity contribution in [1.82, 2.24) is 9.88 Å². The second-order valence-electron chi connectivity index (χ2n) is 7.77. The molecule has 0 bridgehead atoms. The first-order chi connectivity index (χ1) is 12.6. The standard InChI is InChI=1S/C20H32N4O2/c1-24(11-9-18(21)20(25)26-2)17-12-14(13-17)5-7-16-8-6-15-4-3-10-22-19(15)23-16/h6,8,14,17-18H,3-5,7,9-13,21H2,1-2H3,(H,22,23)/t14?,17?,18-/m0/s1. The third-order valence-electron chi connectivity index (χ3n) is 5.89. The van der Waals surface area contributed by atoms with Crippen LogP contribution in [0.5, 0.6) is 0 Å². The van der Waals surface area contributed by atoms with Crippen LogP contribution in [0.2, 0.25) is 0 Å². The van der Waals surface area contributed by atoms with E-state index in [0.29, 0.717) is 12.5 Å². The minimum absolute atomic E-state index is 0.322. The highest BCUT2D eigenvalue weighted by Crippen LogP contribution is 2.34. The van der Waals surface area contributed by atoms with Crippen molar-refractivity contribution in [2.45, 2.75) is 57.0 Å². The van der Waals surface area contributed by atoms with Crippen molar-refractivity contribution < 1.29 is 9.53 Å². The molecule has 6 nitrogen and oxygen atoms in total. The van der Waals surface area contributed by atoms with Crippen molar-refractivity contribution in [3.63, 3.8) is 0 Å². The monoisotopic (exact) mass is 360 g/mol. The third kappa shape index (κ3) is 4.74. The maximum Gasteiger partial charge on any atom is 0.322 e. The van der Waals surface area contributed by atoms with E-state index in [4.69, 9.17) is 10.7 Å². The summed E-state index contributed by atoms with van der Waals surface area (Å²) in [6, 6.07) is 4.54. The van der Waals surface area contributed by atoms with Gasteiger partial charge in [0.05, 0.1) is 7.11 Å². The summed E-state index contributed by atoms with van der Waals surface area (Å²) in [5.41, 5.74) is 8.37. The normalized spacial score (nSPS) is 22.9. The van der Waals surface area contributed by atoms with Crippen LogP contribution in [0.1, 0.15) is 43.4 Å². The Balaban J connectivity index is 1.36. The van der Waals surface area contributed by atoms with E-state index in [9.17, 15) is 4.79 Å². The SMILES string of the molecule is COC(=O)[C@@H](N)CCN(C)C1CC(CCc2ccc3c(n2)NCCC3)C1. The van der Waals surface area contributed by atoms with Crippen molar-refractivity contribution >= 4 is 11.8 Å². The summed E-state index contributed by atoms with van der Waals surface area (Å²) in [6.45, 7) is 1.88. The van der Waals surface area contributed by atoms with Gasteiger partial charge < -0.3 is 20.7 Å². The van der Waals surface area contributed by atoms with Gasteiger partial charge in [-0.05, 0) is 69.5 Å². The molecule has 0 spiro atoms. The molecule has 1 aliphatic carbocycles. The summed E-state index contributed by atoms with van der Waals surface area (Å²) in [7, 11) is 3.51. The molecule has 1 aromatic heterocycles. The van der Waals surface area contributed by atoms with Crippen LogP contribution in [-0.2, 0) is 22.4 Å². The van der Waals surface area contributed by atoms with Crippen molar-refractivity contribution in [1.29, 1.82) is 0 Å². The number of nitrogens with zero attached hydrogens (tertiary/aromatic N) is 2. The Morgan fingerprint density at radius 1 is 1.46 bits per heavy atom. The number of aromatic nitrogens is 1. The zero-order valence-electron chi connectivity index (χ0n) is 16.0. The Bertz CT molecular complexity index is 616. The van der Waals surface area contributed by atoms with Gasteiger partial charge in [0.15, 0.2) is 0 Å². The van der Waals surface area contributed by atoms with E-state index in [1.807, 2.05) is 0 Å². The van der Waals surface area contributed by atoms with Gasteiger partial charge in [0.1, 0.15) is 11.9 Å². The molecule has 26 heavy (non-hydrogen) atoms. The summed E-state index contributed by atoms with van der Waals surface area (Å²) < 4.78 is 4.68. The van der Waals surface area contributed by atoms with Crippen LogP contribution >= 0.6 is 0 Å². The lowest BCUT2D eigenvalue weighted by Crippen LogP contribution is -2.45. The van der Waals surface area contributed by atoms with Gasteiger partial charge in [-0.15, -0.1) is 0 Å². The number of aryl methyl sites for hydroxylation is 2. The first-order valence-corrected chi connectivity index (χ1v) is 9.83. The molecule has 144 valence electrons. The molecule has 1 aromatic rings. The van der Waals surface area contributed by atoms with Crippen LogP contribution < -0.4 is 11.1 Å². The number of esters is 1. The molecule has 0 saturated heterocycles. The first-order valence-electron chi connectivity index (χ1n) is 9.83. The Morgan fingerprint density at radius 2 is 2.27 bits per heavy atom. The van der Waals surface area contributed by atoms with Crippen LogP contribution in [0.4, 0.5) is 5.82 Å². The Hall–Kier alpha value is -1.66. The second kappa shape index (κ2) is 8.82. The predicted octanol–water partition coefficient (Wildman–Crippen LogP) is 1.97. The quantitative estimate of drug-likeness (QED) is 0.690. The average Bonchev–Trinajstić information content (AvgIpc) is 2.63. The van der Waals surface area contributed by atoms with E-state index in [1.165, 1.54) is 44.1 Å². The maximum atomic E-state index is 11.4. The molecule has 0 aromatic carbocycles. The topological polar surface area (TPSA) is 80.5 Å². The minimum atomic E-state index is -0.512. The number of nitrogens with two attached hydrogens (primary N) is 1. The highest BCUT2D eigenvalue weighted by molar-refractivity contribution is 5.75. The lowest BCUT2D eigenvalue weighted by molar-refractivity contribution is -0.142. The van der Waals surface area contributed by atoms with Crippen LogP contribution in [0.3, 0.4) is 0 Å². The number of rotatable bonds is 8. The number of carbonyl (C=O) groups excluding carboxylic acids is 1. The van der Waals surface area contributed by atoms with Gasteiger partial charge in [-0.3, -0.25) is 4.79 Å². The molecule has 0 unspecified atom stereocenters. The number of nitrogens with one attached hydrogen (secondary N) is 1. The number of hydrogen-bond donors (Lipinski definition) is 2. The fourth-order valence-electron chi connectivity index (χ4n) is 3.95. The number of fused-ring (bicyclic) bond motifs is 1. The molecule has 3 rings (SSSR count). The van der Waals surface area contributed by atoms with Crippen molar-refractivity contribution in [3.8, 4) is 0 Å². The molecule has 2 aliphatic rings. The van der Waals surface area contributed by atoms with Gasteiger partial charge in [0.25, 0.3) is 0 Å². The molecule has 1 atom stereocenters. The van der Waals surface area contributed by atoms with Crippen molar-refractivity contribution in [3.05, 3.63) is 23.4 Å². The molecule has 0 radical (unpaired) electrons. The van der Waals surface area contributed by atoms with Gasteiger partial charge in [-0.2, -0.15) is 0 Å². The molecule has 1 saturated carbocycles. The molecule has 6 heteroatoms. The number of anilines is 1. The summed E-state index contributed by atoms with van der Waals surface area (Å²) in [5.74, 6) is 1.56. The summed E-state index contributed by atoms with van der Waals surface area (Å²) in [6.07, 6.45) is 7.72. The van der Waals surface area contributed by atoms with E-state index in [0.717, 1.165) is 37.7 Å². The van der Waals surface area contributed by atoms with Gasteiger partial charge >= 0.3 is 5.97 Å². The fraction of sp³-hybridized carbons (Fsp3) is 0.700. The number of ether oxygens (including phenoxy) is 1. The molecule has 0 amide bonds. The zero-order valence-corrected chi connectivity index (χ0v) is 16.0. The predicted molar refractivity (Wildman–Crippen MR) is 103 cm³/mol. The van der Waals surface area contributed by atoms with E-state index >= 15 is 0 Å². The van der Waals surface area contributed by atoms with Gasteiger partial charge in [0.2, 0.25) is 0 Å². The van der Waals surface area contributed by atoms with E-state index in [1.54, 1.807) is 0 Å². The van der Waals surface area contributed by atoms with Crippen LogP contribution in [0, 0.1) is 5.92 Å². The Kier molecular flexibility index (Phi) is 6.48. The maximum absolute atomic E-state index is 11.4. The van der Waals surface area contributed by atoms with Crippen molar-refractivity contribution in [2.75, 3.05) is 32.6 Å². The Morgan fingerprint density at radius 3 is 3.04 bits per heavy atom. The van der Waals surface area contributed by atoms with Gasteiger partial charge in [-0.25, -0.2) is 4.98 Å². The van der Waals surface area contributed by atoms with E-state index in [2.05, 4.69) is 34.1 Å². The summed E-state index contributed by atoms with van der Waals surface area (Å²) in [5, 5.41) is 3.41. The van der Waals surface area contributed by atoms with Crippen LogP contribution in [0.25, 0.3) is 0 Å². The molecular weight excluding hydrogens is 328 g/mol. The second-order valence-corrected chi connectivity index (χ2v) is 7.77. The smallest absolute Gasteiger partial charge is 0.322 e. The number of carbonyl (C=O) groups is 1. The minimum Gasteiger partial charge on any atom is -0.468 e. The number of pyridine rings is 1. The first kappa shape index (κ1) is 19.1. The highest BCUT2D eigenvalue weighted by Gasteiger charge is 2.32. The average molecular weight is 361 g/mol. The zero-order chi connectivity index (χ0) is 18.5. The molecule has 3 N–H and O–H groups in total. The van der Waals surface area contributed by atoms with Gasteiger partial charge in [-0.1, -0.05) is 6.07 Å². The van der Waals surface area contributed by atoms with Crippen molar-refractivity contribution in [2.24, 2.45) is 11.7 Å². The van der Waals surface area contributed by atoms with Crippen LogP contribution in [0.15, 0.2) is 12.1 Å². The fourth-order valence-corrected chi connectivity index (χ4v) is 3.95. The molecule has 2 heterocycles. The number of methoxy groups -OCH3 is 1. The summed E-state index contributed by atoms with van der Waals surface area (Å²) in [4.78, 5) is 18.5. The van der Waals surface area contributed by atoms with E-state index in [-0.39, 0.29) is 5.97 Å². The van der Waals surface area contributed by atoms with Crippen LogP contribution in [-0.4, -0.2) is 55.2 Å². The largest absolute Gasteiger partial charge is 0.468 e. The lowest BCUT2D eigenvalue weighted by atomic mass is 9.76. The molecule has 1 aliphatic heterocycles. The van der Waals surface area contributed by atoms with Gasteiger partial charge in [0, 0.05) is 24.8 Å². The highest BCUT2D eigenvalue weighted by atomic mass is 16.5. The molecular formula is C20H32N4O2. The van der Waals surface area contributed by atoms with E-state index < -0.39 is 6.04 Å². The third-order valence-corrected chi connectivity index (χ3v) is 5.89. The summed E-state index contributed by atoms with van der Waals surface area (Å²) >= 11 is 0. The lowest BCUT2D eigenvalue weighted by Gasteiger charge is -2.41. The number of hydrogen-bond acceptors (Lipinski definition) is 6. The molecule has 1 fully saturated rings. The Labute approximate surface area is 156 Å².